The Labute approximate surface area is 267 Å². The van der Waals surface area contributed by atoms with Crippen molar-refractivity contribution in [2.45, 2.75) is 0 Å². The third-order valence-corrected chi connectivity index (χ3v) is 9.04. The first-order chi connectivity index (χ1) is 22.8. The zero-order valence-corrected chi connectivity index (χ0v) is 25.1. The summed E-state index contributed by atoms with van der Waals surface area (Å²) in [4.78, 5) is 10.3. The lowest BCUT2D eigenvalue weighted by molar-refractivity contribution is 1.39. The van der Waals surface area contributed by atoms with E-state index >= 15 is 0 Å². The first kappa shape index (κ1) is 26.3. The highest BCUT2D eigenvalue weighted by Crippen LogP contribution is 2.39. The largest absolute Gasteiger partial charge is 0.248 e. The van der Waals surface area contributed by atoms with E-state index in [1.807, 2.05) is 6.07 Å². The van der Waals surface area contributed by atoms with Crippen LogP contribution in [0, 0.1) is 0 Å². The van der Waals surface area contributed by atoms with Crippen molar-refractivity contribution in [2.24, 2.45) is 0 Å². The third-order valence-electron chi connectivity index (χ3n) is 9.04. The van der Waals surface area contributed by atoms with E-state index in [1.165, 1.54) is 32.7 Å². The molecule has 7 aromatic carbocycles. The van der Waals surface area contributed by atoms with Crippen LogP contribution < -0.4 is 0 Å². The van der Waals surface area contributed by atoms with Crippen LogP contribution in [0.25, 0.3) is 88.1 Å². The Bertz CT molecular complexity index is 2590. The maximum Gasteiger partial charge on any atom is 0.0722 e. The molecule has 46 heavy (non-hydrogen) atoms. The number of aromatic nitrogens is 2. The summed E-state index contributed by atoms with van der Waals surface area (Å²) in [7, 11) is 0. The molecule has 0 saturated carbocycles. The van der Waals surface area contributed by atoms with Gasteiger partial charge in [-0.25, -0.2) is 9.97 Å². The number of para-hydroxylation sites is 1. The van der Waals surface area contributed by atoms with Crippen molar-refractivity contribution in [3.63, 3.8) is 0 Å². The topological polar surface area (TPSA) is 25.8 Å². The Balaban J connectivity index is 1.28. The minimum absolute atomic E-state index is 0.963. The molecule has 0 spiro atoms. The molecular formula is C44H28N2. The van der Waals surface area contributed by atoms with E-state index in [1.54, 1.807) is 0 Å². The van der Waals surface area contributed by atoms with E-state index in [4.69, 9.17) is 9.97 Å². The summed E-state index contributed by atoms with van der Waals surface area (Å²) in [5, 5.41) is 7.15. The van der Waals surface area contributed by atoms with E-state index in [0.29, 0.717) is 0 Å². The molecule has 2 nitrogen and oxygen atoms in total. The second-order valence-electron chi connectivity index (χ2n) is 11.8. The lowest BCUT2D eigenvalue weighted by Gasteiger charge is -2.15. The number of nitrogens with zero attached hydrogens (tertiary/aromatic N) is 2. The number of benzene rings is 7. The molecule has 0 aliphatic rings. The van der Waals surface area contributed by atoms with Crippen LogP contribution in [-0.2, 0) is 0 Å². The van der Waals surface area contributed by atoms with Crippen LogP contribution in [0.5, 0.6) is 0 Å². The van der Waals surface area contributed by atoms with Crippen LogP contribution in [-0.4, -0.2) is 9.97 Å². The van der Waals surface area contributed by atoms with Crippen LogP contribution in [0.3, 0.4) is 0 Å². The number of fused-ring (bicyclic) bond motifs is 4. The molecule has 0 aliphatic heterocycles. The average Bonchev–Trinajstić information content (AvgIpc) is 3.13. The molecule has 0 N–H and O–H groups in total. The predicted molar refractivity (Wildman–Crippen MR) is 194 cm³/mol. The summed E-state index contributed by atoms with van der Waals surface area (Å²) in [6, 6.07) is 60.4. The number of hydrogen-bond donors (Lipinski definition) is 0. The summed E-state index contributed by atoms with van der Waals surface area (Å²) in [6.07, 6.45) is 0. The highest BCUT2D eigenvalue weighted by Gasteiger charge is 2.15. The number of rotatable bonds is 4. The minimum Gasteiger partial charge on any atom is -0.248 e. The molecule has 0 unspecified atom stereocenters. The molecule has 0 saturated heterocycles. The maximum atomic E-state index is 5.28. The molecule has 0 atom stereocenters. The van der Waals surface area contributed by atoms with E-state index in [2.05, 4.69) is 164 Å². The normalized spacial score (nSPS) is 11.5. The SMILES string of the molecule is c1cc(-c2ccc3ccccc3n2)cc(-c2cc(-c3cccc4ccccc34)nc3ccc(-c4cccc5ccccc45)cc23)c1. The zero-order chi connectivity index (χ0) is 30.5. The Morgan fingerprint density at radius 1 is 0.283 bits per heavy atom. The summed E-state index contributed by atoms with van der Waals surface area (Å²) in [6.45, 7) is 0. The zero-order valence-electron chi connectivity index (χ0n) is 25.1. The quantitative estimate of drug-likeness (QED) is 0.206. The first-order valence-corrected chi connectivity index (χ1v) is 15.7. The van der Waals surface area contributed by atoms with Gasteiger partial charge in [-0.3, -0.25) is 0 Å². The van der Waals surface area contributed by atoms with Gasteiger partial charge in [0.05, 0.1) is 22.4 Å². The van der Waals surface area contributed by atoms with Crippen LogP contribution in [0.15, 0.2) is 170 Å². The third kappa shape index (κ3) is 4.51. The van der Waals surface area contributed by atoms with Gasteiger partial charge in [-0.1, -0.05) is 133 Å². The molecule has 2 aromatic heterocycles. The van der Waals surface area contributed by atoms with Gasteiger partial charge in [-0.15, -0.1) is 0 Å². The Morgan fingerprint density at radius 3 is 1.72 bits per heavy atom. The highest BCUT2D eigenvalue weighted by molar-refractivity contribution is 6.04. The number of hydrogen-bond acceptors (Lipinski definition) is 2. The summed E-state index contributed by atoms with van der Waals surface area (Å²) in [5.41, 5.74) is 10.8. The van der Waals surface area contributed by atoms with Crippen molar-refractivity contribution in [1.29, 1.82) is 0 Å². The van der Waals surface area contributed by atoms with Gasteiger partial charge in [0.15, 0.2) is 0 Å². The molecule has 9 rings (SSSR count). The van der Waals surface area contributed by atoms with Crippen molar-refractivity contribution in [1.82, 2.24) is 9.97 Å². The molecule has 0 amide bonds. The molecule has 0 radical (unpaired) electrons. The van der Waals surface area contributed by atoms with E-state index in [-0.39, 0.29) is 0 Å². The van der Waals surface area contributed by atoms with Gasteiger partial charge in [-0.2, -0.15) is 0 Å². The van der Waals surface area contributed by atoms with Crippen molar-refractivity contribution >= 4 is 43.4 Å². The molecule has 214 valence electrons. The molecule has 2 heterocycles. The highest BCUT2D eigenvalue weighted by atomic mass is 14.7. The van der Waals surface area contributed by atoms with Gasteiger partial charge in [0.25, 0.3) is 0 Å². The molecule has 9 aromatic rings. The van der Waals surface area contributed by atoms with Gasteiger partial charge in [0.1, 0.15) is 0 Å². The average molecular weight is 585 g/mol. The lowest BCUT2D eigenvalue weighted by atomic mass is 9.92. The van der Waals surface area contributed by atoms with Crippen molar-refractivity contribution in [3.8, 4) is 44.8 Å². The minimum atomic E-state index is 0.963. The standard InChI is InChI=1S/C44H28N2/c1-4-17-35-29(10-1)13-8-19-37(35)33-23-25-43-40(27-33)39(28-44(46-43)38-20-9-14-30-11-2-5-18-36(30)38)32-15-7-16-34(26-32)42-24-22-31-12-3-6-21-41(31)45-42/h1-28H. The first-order valence-electron chi connectivity index (χ1n) is 15.7. The van der Waals surface area contributed by atoms with Crippen molar-refractivity contribution < 1.29 is 0 Å². The second-order valence-corrected chi connectivity index (χ2v) is 11.8. The molecule has 2 heteroatoms. The Morgan fingerprint density at radius 2 is 0.891 bits per heavy atom. The smallest absolute Gasteiger partial charge is 0.0722 e. The fraction of sp³-hybridized carbons (Fsp3) is 0. The Hall–Kier alpha value is -6.12. The van der Waals surface area contributed by atoms with Gasteiger partial charge in [-0.05, 0) is 80.2 Å². The van der Waals surface area contributed by atoms with Gasteiger partial charge in [0, 0.05) is 21.9 Å². The van der Waals surface area contributed by atoms with Crippen LogP contribution >= 0.6 is 0 Å². The van der Waals surface area contributed by atoms with Crippen LogP contribution in [0.2, 0.25) is 0 Å². The lowest BCUT2D eigenvalue weighted by Crippen LogP contribution is -1.93. The van der Waals surface area contributed by atoms with E-state index < -0.39 is 0 Å². The molecule has 0 fully saturated rings. The monoisotopic (exact) mass is 584 g/mol. The maximum absolute atomic E-state index is 5.28. The molecule has 0 bridgehead atoms. The second kappa shape index (κ2) is 10.8. The van der Waals surface area contributed by atoms with Crippen molar-refractivity contribution in [2.75, 3.05) is 0 Å². The fourth-order valence-corrected chi connectivity index (χ4v) is 6.77. The summed E-state index contributed by atoms with van der Waals surface area (Å²) >= 11 is 0. The summed E-state index contributed by atoms with van der Waals surface area (Å²) in [5.74, 6) is 0. The van der Waals surface area contributed by atoms with Crippen LogP contribution in [0.4, 0.5) is 0 Å². The fourth-order valence-electron chi connectivity index (χ4n) is 6.77. The van der Waals surface area contributed by atoms with E-state index in [9.17, 15) is 0 Å². The Kier molecular flexibility index (Phi) is 6.17. The van der Waals surface area contributed by atoms with Gasteiger partial charge >= 0.3 is 0 Å². The predicted octanol–water partition coefficient (Wildman–Crippen LogP) is 11.8. The molecule has 0 aliphatic carbocycles. The molecular weight excluding hydrogens is 556 g/mol. The van der Waals surface area contributed by atoms with E-state index in [0.717, 1.165) is 55.4 Å². The van der Waals surface area contributed by atoms with Crippen molar-refractivity contribution in [3.05, 3.63) is 170 Å². The number of pyridine rings is 2. The summed E-state index contributed by atoms with van der Waals surface area (Å²) < 4.78 is 0. The van der Waals surface area contributed by atoms with Gasteiger partial charge < -0.3 is 0 Å². The van der Waals surface area contributed by atoms with Gasteiger partial charge in [0.2, 0.25) is 0 Å². The van der Waals surface area contributed by atoms with Crippen LogP contribution in [0.1, 0.15) is 0 Å².